The zero-order valence-corrected chi connectivity index (χ0v) is 12.0. The van der Waals surface area contributed by atoms with Crippen molar-refractivity contribution in [1.29, 1.82) is 0 Å². The average Bonchev–Trinajstić information content (AvgIpc) is 2.34. The molecule has 0 heterocycles. The summed E-state index contributed by atoms with van der Waals surface area (Å²) >= 11 is 3.82. The van der Waals surface area contributed by atoms with Gasteiger partial charge in [0.1, 0.15) is 0 Å². The van der Waals surface area contributed by atoms with E-state index in [0.717, 1.165) is 5.92 Å². The molecule has 0 aliphatic carbocycles. The topological polar surface area (TPSA) is 0 Å². The zero-order chi connectivity index (χ0) is 11.8. The van der Waals surface area contributed by atoms with Crippen LogP contribution in [-0.4, -0.2) is 0 Å². The van der Waals surface area contributed by atoms with Crippen molar-refractivity contribution in [2.45, 2.75) is 50.8 Å². The molecule has 90 valence electrons. The third kappa shape index (κ3) is 4.69. The monoisotopic (exact) mass is 282 g/mol. The maximum atomic E-state index is 3.82. The first-order valence-corrected chi connectivity index (χ1v) is 7.36. The van der Waals surface area contributed by atoms with Crippen molar-refractivity contribution < 1.29 is 0 Å². The van der Waals surface area contributed by atoms with Gasteiger partial charge in [-0.1, -0.05) is 85.8 Å². The van der Waals surface area contributed by atoms with Crippen molar-refractivity contribution in [3.8, 4) is 0 Å². The van der Waals surface area contributed by atoms with E-state index in [0.29, 0.717) is 4.83 Å². The summed E-state index contributed by atoms with van der Waals surface area (Å²) in [6.45, 7) is 4.61. The highest BCUT2D eigenvalue weighted by molar-refractivity contribution is 9.09. The summed E-state index contributed by atoms with van der Waals surface area (Å²) in [5.74, 6) is 0.722. The standard InChI is InChI=1S/C15H23Br/c1-3-4-5-7-10-13(2)15(16)14-11-8-6-9-12-14/h6,8-9,11-13,15H,3-5,7,10H2,1-2H3. The Bertz CT molecular complexity index is 268. The Kier molecular flexibility index (Phi) is 6.79. The minimum absolute atomic E-state index is 0.510. The average molecular weight is 283 g/mol. The first kappa shape index (κ1) is 13.8. The normalized spacial score (nSPS) is 14.7. The Balaban J connectivity index is 2.33. The molecule has 2 unspecified atom stereocenters. The van der Waals surface area contributed by atoms with Crippen molar-refractivity contribution in [3.63, 3.8) is 0 Å². The van der Waals surface area contributed by atoms with Crippen molar-refractivity contribution in [1.82, 2.24) is 0 Å². The van der Waals surface area contributed by atoms with Crippen LogP contribution in [0.1, 0.15) is 56.3 Å². The number of benzene rings is 1. The van der Waals surface area contributed by atoms with Gasteiger partial charge >= 0.3 is 0 Å². The number of hydrogen-bond acceptors (Lipinski definition) is 0. The van der Waals surface area contributed by atoms with Crippen LogP contribution in [0, 0.1) is 5.92 Å². The van der Waals surface area contributed by atoms with Crippen LogP contribution in [0.5, 0.6) is 0 Å². The Labute approximate surface area is 109 Å². The van der Waals surface area contributed by atoms with E-state index in [-0.39, 0.29) is 0 Å². The number of unbranched alkanes of at least 4 members (excludes halogenated alkanes) is 3. The van der Waals surface area contributed by atoms with Crippen molar-refractivity contribution in [2.24, 2.45) is 5.92 Å². The van der Waals surface area contributed by atoms with Crippen LogP contribution in [0.4, 0.5) is 0 Å². The number of alkyl halides is 1. The third-order valence-electron chi connectivity index (χ3n) is 3.13. The minimum Gasteiger partial charge on any atom is -0.0836 e. The van der Waals surface area contributed by atoms with Gasteiger partial charge in [-0.2, -0.15) is 0 Å². The molecule has 0 saturated heterocycles. The van der Waals surface area contributed by atoms with Gasteiger partial charge in [0.2, 0.25) is 0 Å². The maximum absolute atomic E-state index is 3.82. The Morgan fingerprint density at radius 1 is 1.06 bits per heavy atom. The predicted molar refractivity (Wildman–Crippen MR) is 76.0 cm³/mol. The second kappa shape index (κ2) is 7.89. The van der Waals surface area contributed by atoms with Gasteiger partial charge in [0.15, 0.2) is 0 Å². The minimum atomic E-state index is 0.510. The predicted octanol–water partition coefficient (Wildman–Crippen LogP) is 5.73. The second-order valence-corrected chi connectivity index (χ2v) is 5.63. The van der Waals surface area contributed by atoms with Crippen LogP contribution in [-0.2, 0) is 0 Å². The molecule has 1 rings (SSSR count). The quantitative estimate of drug-likeness (QED) is 0.443. The van der Waals surface area contributed by atoms with Gasteiger partial charge in [0.05, 0.1) is 0 Å². The van der Waals surface area contributed by atoms with Crippen LogP contribution < -0.4 is 0 Å². The van der Waals surface area contributed by atoms with Crippen LogP contribution in [0.3, 0.4) is 0 Å². The molecule has 1 heteroatoms. The van der Waals surface area contributed by atoms with E-state index < -0.39 is 0 Å². The molecular formula is C15H23Br. The van der Waals surface area contributed by atoms with E-state index in [2.05, 4.69) is 60.1 Å². The molecule has 0 bridgehead atoms. The molecule has 0 spiro atoms. The molecule has 0 radical (unpaired) electrons. The Morgan fingerprint density at radius 2 is 1.75 bits per heavy atom. The van der Waals surface area contributed by atoms with E-state index in [1.54, 1.807) is 0 Å². The van der Waals surface area contributed by atoms with E-state index >= 15 is 0 Å². The van der Waals surface area contributed by atoms with Gasteiger partial charge in [-0.25, -0.2) is 0 Å². The van der Waals surface area contributed by atoms with Gasteiger partial charge in [-0.3, -0.25) is 0 Å². The molecule has 0 aromatic heterocycles. The lowest BCUT2D eigenvalue weighted by molar-refractivity contribution is 0.484. The highest BCUT2D eigenvalue weighted by Gasteiger charge is 2.14. The fourth-order valence-corrected chi connectivity index (χ4v) is 2.57. The van der Waals surface area contributed by atoms with Crippen LogP contribution in [0.15, 0.2) is 30.3 Å². The fourth-order valence-electron chi connectivity index (χ4n) is 2.00. The zero-order valence-electron chi connectivity index (χ0n) is 10.5. The summed E-state index contributed by atoms with van der Waals surface area (Å²) in [7, 11) is 0. The van der Waals surface area contributed by atoms with Crippen molar-refractivity contribution in [3.05, 3.63) is 35.9 Å². The lowest BCUT2D eigenvalue weighted by Gasteiger charge is -2.18. The largest absolute Gasteiger partial charge is 0.0836 e. The Morgan fingerprint density at radius 3 is 2.38 bits per heavy atom. The van der Waals surface area contributed by atoms with Gasteiger partial charge in [-0.05, 0) is 17.9 Å². The summed E-state index contributed by atoms with van der Waals surface area (Å²) < 4.78 is 0. The molecule has 0 nitrogen and oxygen atoms in total. The molecule has 0 amide bonds. The van der Waals surface area contributed by atoms with Gasteiger partial charge in [0, 0.05) is 4.83 Å². The molecule has 0 aliphatic heterocycles. The van der Waals surface area contributed by atoms with E-state index in [9.17, 15) is 0 Å². The number of hydrogen-bond donors (Lipinski definition) is 0. The Hall–Kier alpha value is -0.300. The van der Waals surface area contributed by atoms with Crippen molar-refractivity contribution in [2.75, 3.05) is 0 Å². The maximum Gasteiger partial charge on any atom is 0.0420 e. The van der Waals surface area contributed by atoms with Gasteiger partial charge < -0.3 is 0 Å². The smallest absolute Gasteiger partial charge is 0.0420 e. The highest BCUT2D eigenvalue weighted by Crippen LogP contribution is 2.33. The molecule has 1 aromatic rings. The molecule has 0 aliphatic rings. The molecule has 0 fully saturated rings. The highest BCUT2D eigenvalue weighted by atomic mass is 79.9. The number of halogens is 1. The summed E-state index contributed by atoms with van der Waals surface area (Å²) in [5, 5.41) is 0. The fraction of sp³-hybridized carbons (Fsp3) is 0.600. The SMILES string of the molecule is CCCCCCC(C)C(Br)c1ccccc1. The van der Waals surface area contributed by atoms with E-state index in [1.165, 1.54) is 37.7 Å². The molecule has 1 aromatic carbocycles. The first-order chi connectivity index (χ1) is 7.75. The molecule has 2 atom stereocenters. The molecule has 0 N–H and O–H groups in total. The molecule has 16 heavy (non-hydrogen) atoms. The van der Waals surface area contributed by atoms with Gasteiger partial charge in [0.25, 0.3) is 0 Å². The summed E-state index contributed by atoms with van der Waals surface area (Å²) in [6.07, 6.45) is 6.78. The molecular weight excluding hydrogens is 260 g/mol. The second-order valence-electron chi connectivity index (χ2n) is 4.64. The lowest BCUT2D eigenvalue weighted by atomic mass is 9.95. The third-order valence-corrected chi connectivity index (χ3v) is 4.56. The first-order valence-electron chi connectivity index (χ1n) is 6.44. The van der Waals surface area contributed by atoms with Crippen LogP contribution in [0.2, 0.25) is 0 Å². The number of rotatable bonds is 7. The molecule has 0 saturated carbocycles. The summed E-state index contributed by atoms with van der Waals surface area (Å²) in [5.41, 5.74) is 1.41. The van der Waals surface area contributed by atoms with E-state index in [4.69, 9.17) is 0 Å². The lowest BCUT2D eigenvalue weighted by Crippen LogP contribution is -2.03. The van der Waals surface area contributed by atoms with Crippen LogP contribution >= 0.6 is 15.9 Å². The van der Waals surface area contributed by atoms with Crippen LogP contribution in [0.25, 0.3) is 0 Å². The van der Waals surface area contributed by atoms with Gasteiger partial charge in [-0.15, -0.1) is 0 Å². The van der Waals surface area contributed by atoms with E-state index in [1.807, 2.05) is 0 Å². The van der Waals surface area contributed by atoms with Crippen molar-refractivity contribution >= 4 is 15.9 Å². The summed E-state index contributed by atoms with van der Waals surface area (Å²) in [6, 6.07) is 10.7. The summed E-state index contributed by atoms with van der Waals surface area (Å²) in [4.78, 5) is 0.510.